The summed E-state index contributed by atoms with van der Waals surface area (Å²) in [5.41, 5.74) is 2.14. The van der Waals surface area contributed by atoms with Crippen LogP contribution in [0.2, 0.25) is 10.0 Å². The fourth-order valence-corrected chi connectivity index (χ4v) is 6.25. The van der Waals surface area contributed by atoms with Crippen molar-refractivity contribution in [2.24, 2.45) is 5.92 Å². The first kappa shape index (κ1) is 23.8. The van der Waals surface area contributed by atoms with Crippen molar-refractivity contribution in [1.82, 2.24) is 0 Å². The van der Waals surface area contributed by atoms with Gasteiger partial charge >= 0.3 is 5.97 Å². The second-order valence-electron chi connectivity index (χ2n) is 8.29. The maximum Gasteiger partial charge on any atom is 0.341 e. The number of nitrogens with zero attached hydrogens (tertiary/aromatic N) is 2. The van der Waals surface area contributed by atoms with Crippen molar-refractivity contribution in [3.63, 3.8) is 0 Å². The highest BCUT2D eigenvalue weighted by Gasteiger charge is 2.61. The molecule has 3 heterocycles. The van der Waals surface area contributed by atoms with Crippen LogP contribution in [0.25, 0.3) is 0 Å². The summed E-state index contributed by atoms with van der Waals surface area (Å²) >= 11 is 13.9. The van der Waals surface area contributed by atoms with Crippen LogP contribution in [-0.2, 0) is 19.2 Å². The first-order valence-electron chi connectivity index (χ1n) is 10.8. The minimum atomic E-state index is -1.09. The SMILES string of the molecule is COC(=O)c1c(N2C(=O)[C@H]3[C@@H](ON(c4ccccc4)[C@H]3c3ccc(Cl)cc3Cl)C2=O)sc(C)c1C. The molecule has 5 rings (SSSR count). The van der Waals surface area contributed by atoms with Crippen molar-refractivity contribution in [3.8, 4) is 0 Å². The minimum Gasteiger partial charge on any atom is -0.465 e. The van der Waals surface area contributed by atoms with E-state index in [1.165, 1.54) is 18.4 Å². The Balaban J connectivity index is 1.63. The van der Waals surface area contributed by atoms with Crippen LogP contribution in [0.3, 0.4) is 0 Å². The van der Waals surface area contributed by atoms with Crippen LogP contribution in [0, 0.1) is 19.8 Å². The molecule has 0 unspecified atom stereocenters. The number of esters is 1. The highest BCUT2D eigenvalue weighted by atomic mass is 35.5. The number of aryl methyl sites for hydroxylation is 1. The van der Waals surface area contributed by atoms with Crippen molar-refractivity contribution in [1.29, 1.82) is 0 Å². The number of hydrogen-bond donors (Lipinski definition) is 0. The lowest BCUT2D eigenvalue weighted by Crippen LogP contribution is -2.37. The van der Waals surface area contributed by atoms with E-state index >= 15 is 0 Å². The van der Waals surface area contributed by atoms with Crippen molar-refractivity contribution >= 4 is 63.0 Å². The molecule has 3 atom stereocenters. The largest absolute Gasteiger partial charge is 0.465 e. The lowest BCUT2D eigenvalue weighted by atomic mass is 9.90. The number of methoxy groups -OCH3 is 1. The number of rotatable bonds is 4. The molecule has 0 bridgehead atoms. The molecular weight excluding hydrogens is 511 g/mol. The van der Waals surface area contributed by atoms with E-state index in [2.05, 4.69) is 0 Å². The number of benzene rings is 2. The van der Waals surface area contributed by atoms with Crippen molar-refractivity contribution < 1.29 is 24.0 Å². The topological polar surface area (TPSA) is 76.2 Å². The zero-order valence-electron chi connectivity index (χ0n) is 19.0. The number of carbonyl (C=O) groups is 3. The Bertz CT molecular complexity index is 1360. The molecule has 2 aromatic carbocycles. The number of thiophene rings is 1. The molecule has 2 aliphatic heterocycles. The third kappa shape index (κ3) is 3.72. The molecule has 7 nitrogen and oxygen atoms in total. The van der Waals surface area contributed by atoms with Crippen LogP contribution < -0.4 is 9.96 Å². The van der Waals surface area contributed by atoms with Gasteiger partial charge in [-0.1, -0.05) is 47.5 Å². The fraction of sp³-hybridized carbons (Fsp3) is 0.240. The summed E-state index contributed by atoms with van der Waals surface area (Å²) in [6.07, 6.45) is -1.09. The number of halogens is 2. The molecule has 3 aromatic rings. The summed E-state index contributed by atoms with van der Waals surface area (Å²) < 4.78 is 4.94. The molecule has 180 valence electrons. The Morgan fingerprint density at radius 2 is 1.77 bits per heavy atom. The first-order chi connectivity index (χ1) is 16.7. The van der Waals surface area contributed by atoms with Gasteiger partial charge in [0.05, 0.1) is 24.4 Å². The van der Waals surface area contributed by atoms with Gasteiger partial charge in [-0.25, -0.2) is 14.8 Å². The number of fused-ring (bicyclic) bond motifs is 1. The summed E-state index contributed by atoms with van der Waals surface area (Å²) in [5, 5.41) is 2.60. The monoisotopic (exact) mass is 530 g/mol. The lowest BCUT2D eigenvalue weighted by molar-refractivity contribution is -0.126. The van der Waals surface area contributed by atoms with E-state index in [9.17, 15) is 14.4 Å². The quantitative estimate of drug-likeness (QED) is 0.327. The average molecular weight is 531 g/mol. The standard InChI is InChI=1S/C25H20Cl2N2O5S/c1-12-13(2)35-24(18(12)25(32)33-3)28-22(30)19-20(16-10-9-14(26)11-17(16)27)29(34-21(19)23(28)31)15-7-5-4-6-8-15/h4-11,19-21H,1-3H3/t19-,20+,21-/m1/s1. The van der Waals surface area contributed by atoms with Gasteiger partial charge in [-0.2, -0.15) is 0 Å². The molecule has 0 N–H and O–H groups in total. The van der Waals surface area contributed by atoms with E-state index in [4.69, 9.17) is 32.8 Å². The van der Waals surface area contributed by atoms with Gasteiger partial charge in [0.2, 0.25) is 5.91 Å². The number of hydroxylamine groups is 1. The molecule has 0 spiro atoms. The molecule has 35 heavy (non-hydrogen) atoms. The van der Waals surface area contributed by atoms with Crippen LogP contribution in [0.4, 0.5) is 10.7 Å². The Morgan fingerprint density at radius 1 is 1.06 bits per heavy atom. The molecule has 2 aliphatic rings. The Labute approximate surface area is 215 Å². The van der Waals surface area contributed by atoms with E-state index in [1.807, 2.05) is 37.3 Å². The van der Waals surface area contributed by atoms with E-state index in [1.54, 1.807) is 30.2 Å². The summed E-state index contributed by atoms with van der Waals surface area (Å²) in [4.78, 5) is 48.1. The minimum absolute atomic E-state index is 0.206. The van der Waals surface area contributed by atoms with Gasteiger partial charge in [0.25, 0.3) is 5.91 Å². The molecule has 0 saturated carbocycles. The van der Waals surface area contributed by atoms with Crippen LogP contribution in [-0.4, -0.2) is 31.0 Å². The second kappa shape index (κ2) is 8.95. The highest BCUT2D eigenvalue weighted by Crippen LogP contribution is 2.50. The van der Waals surface area contributed by atoms with Crippen molar-refractivity contribution in [2.45, 2.75) is 26.0 Å². The maximum atomic E-state index is 13.9. The second-order valence-corrected chi connectivity index (χ2v) is 10.3. The first-order valence-corrected chi connectivity index (χ1v) is 12.3. The Morgan fingerprint density at radius 3 is 2.43 bits per heavy atom. The molecule has 0 aliphatic carbocycles. The number of anilines is 2. The van der Waals surface area contributed by atoms with E-state index in [0.29, 0.717) is 26.9 Å². The number of para-hydroxylation sites is 1. The molecule has 2 amide bonds. The van der Waals surface area contributed by atoms with Gasteiger partial charge in [-0.15, -0.1) is 11.3 Å². The van der Waals surface area contributed by atoms with Crippen LogP contribution in [0.5, 0.6) is 0 Å². The van der Waals surface area contributed by atoms with Crippen molar-refractivity contribution in [2.75, 3.05) is 17.1 Å². The third-order valence-electron chi connectivity index (χ3n) is 6.37. The van der Waals surface area contributed by atoms with Gasteiger partial charge in [0.1, 0.15) is 10.9 Å². The van der Waals surface area contributed by atoms with Gasteiger partial charge in [-0.05, 0) is 49.2 Å². The van der Waals surface area contributed by atoms with E-state index < -0.39 is 35.8 Å². The van der Waals surface area contributed by atoms with Gasteiger partial charge in [-0.3, -0.25) is 14.4 Å². The summed E-state index contributed by atoms with van der Waals surface area (Å²) in [5.74, 6) is -2.51. The fourth-order valence-electron chi connectivity index (χ4n) is 4.58. The third-order valence-corrected chi connectivity index (χ3v) is 8.12. The van der Waals surface area contributed by atoms with Crippen LogP contribution >= 0.6 is 34.5 Å². The number of ether oxygens (including phenoxy) is 1. The van der Waals surface area contributed by atoms with Gasteiger partial charge in [0, 0.05) is 14.9 Å². The van der Waals surface area contributed by atoms with Crippen molar-refractivity contribution in [3.05, 3.63) is 80.1 Å². The Kier molecular flexibility index (Phi) is 6.09. The Hall–Kier alpha value is -2.91. The summed E-state index contributed by atoms with van der Waals surface area (Å²) in [6.45, 7) is 3.59. The average Bonchev–Trinajstić information content (AvgIpc) is 3.44. The summed E-state index contributed by atoms with van der Waals surface area (Å²) in [7, 11) is 1.26. The number of imide groups is 1. The molecular formula is C25H20Cl2N2O5S. The molecule has 2 saturated heterocycles. The van der Waals surface area contributed by atoms with E-state index in [0.717, 1.165) is 9.78 Å². The number of hydrogen-bond acceptors (Lipinski definition) is 7. The van der Waals surface area contributed by atoms with Gasteiger partial charge in [0.15, 0.2) is 6.10 Å². The van der Waals surface area contributed by atoms with Crippen LogP contribution in [0.1, 0.15) is 32.4 Å². The van der Waals surface area contributed by atoms with Gasteiger partial charge < -0.3 is 4.74 Å². The zero-order chi connectivity index (χ0) is 25.0. The molecule has 10 heteroatoms. The highest BCUT2D eigenvalue weighted by molar-refractivity contribution is 7.17. The predicted molar refractivity (Wildman–Crippen MR) is 134 cm³/mol. The molecule has 2 fully saturated rings. The lowest BCUT2D eigenvalue weighted by Gasteiger charge is -2.29. The number of amides is 2. The molecule has 1 aromatic heterocycles. The normalized spacial score (nSPS) is 21.6. The van der Waals surface area contributed by atoms with Crippen LogP contribution in [0.15, 0.2) is 48.5 Å². The summed E-state index contributed by atoms with van der Waals surface area (Å²) in [6, 6.07) is 13.5. The predicted octanol–water partition coefficient (Wildman–Crippen LogP) is 5.51. The number of carbonyl (C=O) groups excluding carboxylic acids is 3. The zero-order valence-corrected chi connectivity index (χ0v) is 21.3. The smallest absolute Gasteiger partial charge is 0.341 e. The van der Waals surface area contributed by atoms with E-state index in [-0.39, 0.29) is 10.6 Å². The molecule has 0 radical (unpaired) electrons. The maximum absolute atomic E-state index is 13.9.